The molecule has 1 aliphatic carbocycles. The molecule has 4 unspecified atom stereocenters. The molecule has 4 atom stereocenters. The number of H-pyrrole nitrogens is 1. The van der Waals surface area contributed by atoms with E-state index in [9.17, 15) is 9.59 Å². The van der Waals surface area contributed by atoms with E-state index >= 15 is 0 Å². The minimum atomic E-state index is -0.329. The molecular weight excluding hydrogens is 338 g/mol. The molecule has 2 aromatic carbocycles. The van der Waals surface area contributed by atoms with Crippen molar-refractivity contribution in [2.24, 2.45) is 11.8 Å². The molecule has 1 saturated carbocycles. The average molecular weight is 361 g/mol. The first-order chi connectivity index (χ1) is 13.1. The Morgan fingerprint density at radius 3 is 2.56 bits per heavy atom. The molecule has 1 aliphatic heterocycles. The molecule has 27 heavy (non-hydrogen) atoms. The molecule has 0 amide bonds. The normalized spacial score (nSPS) is 25.9. The Hall–Kier alpha value is -2.66. The van der Waals surface area contributed by atoms with Gasteiger partial charge in [0.1, 0.15) is 0 Å². The van der Waals surface area contributed by atoms with Gasteiger partial charge in [-0.25, -0.2) is 9.36 Å². The number of rotatable bonds is 3. The van der Waals surface area contributed by atoms with Crippen molar-refractivity contribution in [1.82, 2.24) is 14.5 Å². The van der Waals surface area contributed by atoms with Crippen molar-refractivity contribution in [2.75, 3.05) is 13.1 Å². The molecule has 2 fully saturated rings. The summed E-state index contributed by atoms with van der Waals surface area (Å²) in [5, 5.41) is 0.563. The Morgan fingerprint density at radius 2 is 1.74 bits per heavy atom. The van der Waals surface area contributed by atoms with E-state index in [1.54, 1.807) is 12.1 Å². The van der Waals surface area contributed by atoms with Gasteiger partial charge >= 0.3 is 5.69 Å². The van der Waals surface area contributed by atoms with Crippen molar-refractivity contribution in [3.8, 4) is 0 Å². The maximum Gasteiger partial charge on any atom is 0.330 e. The van der Waals surface area contributed by atoms with Crippen LogP contribution in [0, 0.1) is 11.8 Å². The van der Waals surface area contributed by atoms with Gasteiger partial charge in [-0.05, 0) is 48.8 Å². The molecule has 1 aromatic heterocycles. The van der Waals surface area contributed by atoms with Crippen LogP contribution in [-0.4, -0.2) is 27.5 Å². The number of nitrogens with zero attached hydrogens (tertiary/aromatic N) is 2. The third-order valence-corrected chi connectivity index (χ3v) is 6.56. The summed E-state index contributed by atoms with van der Waals surface area (Å²) >= 11 is 0. The first kappa shape index (κ1) is 16.5. The van der Waals surface area contributed by atoms with Crippen molar-refractivity contribution in [2.45, 2.75) is 25.4 Å². The highest BCUT2D eigenvalue weighted by atomic mass is 16.2. The van der Waals surface area contributed by atoms with E-state index in [0.717, 1.165) is 13.1 Å². The van der Waals surface area contributed by atoms with Crippen molar-refractivity contribution < 1.29 is 0 Å². The molecule has 2 aliphatic rings. The maximum atomic E-state index is 12.9. The average Bonchev–Trinajstić information content (AvgIpc) is 2.99. The fourth-order valence-corrected chi connectivity index (χ4v) is 5.01. The molecule has 0 radical (unpaired) electrons. The van der Waals surface area contributed by atoms with E-state index in [-0.39, 0.29) is 17.4 Å². The molecule has 0 bridgehead atoms. The van der Waals surface area contributed by atoms with Gasteiger partial charge < -0.3 is 4.98 Å². The highest BCUT2D eigenvalue weighted by molar-refractivity contribution is 5.76. The summed E-state index contributed by atoms with van der Waals surface area (Å²) in [6, 6.07) is 17.9. The van der Waals surface area contributed by atoms with Gasteiger partial charge in [-0.1, -0.05) is 42.5 Å². The topological polar surface area (TPSA) is 58.1 Å². The molecule has 3 aromatic rings. The van der Waals surface area contributed by atoms with Crippen LogP contribution >= 0.6 is 0 Å². The fraction of sp³-hybridized carbons (Fsp3) is 0.364. The van der Waals surface area contributed by atoms with Crippen LogP contribution in [0.4, 0.5) is 0 Å². The lowest BCUT2D eigenvalue weighted by molar-refractivity contribution is 0.178. The number of aromatic amines is 1. The second-order valence-electron chi connectivity index (χ2n) is 7.91. The Bertz CT molecular complexity index is 1100. The van der Waals surface area contributed by atoms with Gasteiger partial charge in [-0.15, -0.1) is 0 Å². The third kappa shape index (κ3) is 2.57. The summed E-state index contributed by atoms with van der Waals surface area (Å²) in [6.45, 7) is 3.85. The van der Waals surface area contributed by atoms with E-state index < -0.39 is 0 Å². The summed E-state index contributed by atoms with van der Waals surface area (Å²) in [7, 11) is 0. The molecule has 138 valence electrons. The number of likely N-dealkylation sites (tertiary alicyclic amines) is 1. The Kier molecular flexibility index (Phi) is 3.79. The van der Waals surface area contributed by atoms with Crippen LogP contribution in [0.5, 0.6) is 0 Å². The zero-order chi connectivity index (χ0) is 18.5. The van der Waals surface area contributed by atoms with Gasteiger partial charge in [0.25, 0.3) is 5.56 Å². The van der Waals surface area contributed by atoms with E-state index in [0.29, 0.717) is 28.7 Å². The molecule has 0 spiro atoms. The summed E-state index contributed by atoms with van der Waals surface area (Å²) in [6.07, 6.45) is 0.953. The first-order valence-corrected chi connectivity index (χ1v) is 9.66. The minimum absolute atomic E-state index is 0.208. The second kappa shape index (κ2) is 6.20. The van der Waals surface area contributed by atoms with Crippen molar-refractivity contribution in [3.05, 3.63) is 81.0 Å². The Morgan fingerprint density at radius 1 is 1.00 bits per heavy atom. The van der Waals surface area contributed by atoms with Crippen molar-refractivity contribution >= 4 is 10.9 Å². The predicted molar refractivity (Wildman–Crippen MR) is 106 cm³/mol. The quantitative estimate of drug-likeness (QED) is 0.780. The lowest BCUT2D eigenvalue weighted by Gasteiger charge is -2.40. The van der Waals surface area contributed by atoms with Gasteiger partial charge in [0, 0.05) is 13.1 Å². The van der Waals surface area contributed by atoms with Crippen LogP contribution in [0.15, 0.2) is 64.2 Å². The predicted octanol–water partition coefficient (Wildman–Crippen LogP) is 2.94. The molecule has 2 heterocycles. The number of nitrogens with one attached hydrogen (secondary N) is 1. The standard InChI is InChI=1S/C22H23N3O2/c1-14(25-21(26)17-9-5-6-10-20(17)23-22(25)27)24-12-16-11-18(19(16)13-24)15-7-3-2-4-8-15/h2-10,14,16,18-19H,11-13H2,1H3,(H,23,27). The van der Waals surface area contributed by atoms with Crippen LogP contribution in [0.1, 0.15) is 31.0 Å². The maximum absolute atomic E-state index is 12.9. The molecule has 1 N–H and O–H groups in total. The molecule has 5 nitrogen and oxygen atoms in total. The van der Waals surface area contributed by atoms with Gasteiger partial charge in [0.2, 0.25) is 0 Å². The van der Waals surface area contributed by atoms with Crippen LogP contribution in [0.25, 0.3) is 10.9 Å². The number of hydrogen-bond donors (Lipinski definition) is 1. The smallest absolute Gasteiger partial charge is 0.307 e. The SMILES string of the molecule is CC(N1CC2CC(c3ccccc3)C2C1)n1c(=O)[nH]c2ccccc2c1=O. The van der Waals surface area contributed by atoms with E-state index in [1.165, 1.54) is 16.6 Å². The minimum Gasteiger partial charge on any atom is -0.307 e. The molecule has 5 rings (SSSR count). The van der Waals surface area contributed by atoms with Gasteiger partial charge in [-0.3, -0.25) is 9.69 Å². The number of hydrogen-bond acceptors (Lipinski definition) is 3. The largest absolute Gasteiger partial charge is 0.330 e. The zero-order valence-corrected chi connectivity index (χ0v) is 15.3. The molecule has 5 heteroatoms. The summed E-state index contributed by atoms with van der Waals surface area (Å²) in [5.74, 6) is 1.87. The summed E-state index contributed by atoms with van der Waals surface area (Å²) < 4.78 is 1.38. The van der Waals surface area contributed by atoms with Crippen LogP contribution in [0.2, 0.25) is 0 Å². The van der Waals surface area contributed by atoms with E-state index in [4.69, 9.17) is 0 Å². The highest BCUT2D eigenvalue weighted by Crippen LogP contribution is 2.52. The van der Waals surface area contributed by atoms with Gasteiger partial charge in [0.05, 0.1) is 17.1 Å². The summed E-state index contributed by atoms with van der Waals surface area (Å²) in [4.78, 5) is 30.7. The van der Waals surface area contributed by atoms with Crippen molar-refractivity contribution in [1.29, 1.82) is 0 Å². The first-order valence-electron chi connectivity index (χ1n) is 9.66. The lowest BCUT2D eigenvalue weighted by Crippen LogP contribution is -2.43. The van der Waals surface area contributed by atoms with Gasteiger partial charge in [-0.2, -0.15) is 0 Å². The Labute approximate surface area is 157 Å². The summed E-state index contributed by atoms with van der Waals surface area (Å²) in [5.41, 5.74) is 1.47. The lowest BCUT2D eigenvalue weighted by atomic mass is 9.64. The number of fused-ring (bicyclic) bond motifs is 2. The van der Waals surface area contributed by atoms with E-state index in [2.05, 4.69) is 40.2 Å². The van der Waals surface area contributed by atoms with Crippen molar-refractivity contribution in [3.63, 3.8) is 0 Å². The second-order valence-corrected chi connectivity index (χ2v) is 7.91. The van der Waals surface area contributed by atoms with Gasteiger partial charge in [0.15, 0.2) is 0 Å². The molecule has 1 saturated heterocycles. The third-order valence-electron chi connectivity index (χ3n) is 6.56. The highest BCUT2D eigenvalue weighted by Gasteiger charge is 2.48. The Balaban J connectivity index is 1.43. The monoisotopic (exact) mass is 361 g/mol. The van der Waals surface area contributed by atoms with E-state index in [1.807, 2.05) is 19.1 Å². The number of benzene rings is 2. The fourth-order valence-electron chi connectivity index (χ4n) is 5.01. The molecular formula is C22H23N3O2. The van der Waals surface area contributed by atoms with Crippen LogP contribution in [-0.2, 0) is 0 Å². The van der Waals surface area contributed by atoms with Crippen LogP contribution < -0.4 is 11.2 Å². The zero-order valence-electron chi connectivity index (χ0n) is 15.3. The van der Waals surface area contributed by atoms with Crippen LogP contribution in [0.3, 0.4) is 0 Å². The number of para-hydroxylation sites is 1. The number of aromatic nitrogens is 2.